The molecule has 1 saturated carbocycles. The third-order valence-electron chi connectivity index (χ3n) is 7.60. The number of carbonyl (C=O) groups is 4. The Morgan fingerprint density at radius 2 is 1.61 bits per heavy atom. The SMILES string of the molecule is O=C(Oc1cccc(N2C(=O)[C@@H]3[C@H](C2=O)[C@H]2C=C[C@H]3C2)c1)[C@H]1CC(=O)N(c2ccc([N+](=O)[O-])cc2)C1. The number of benzene rings is 2. The normalized spacial score (nSPS) is 28.2. The number of nitro benzene ring substituents is 1. The summed E-state index contributed by atoms with van der Waals surface area (Å²) in [6, 6.07) is 11.8. The van der Waals surface area contributed by atoms with Gasteiger partial charge in [0.05, 0.1) is 28.4 Å². The van der Waals surface area contributed by atoms with E-state index >= 15 is 0 Å². The van der Waals surface area contributed by atoms with Crippen molar-refractivity contribution in [3.63, 3.8) is 0 Å². The number of hydrogen-bond acceptors (Lipinski definition) is 7. The number of nitro groups is 1. The van der Waals surface area contributed by atoms with Gasteiger partial charge in [0, 0.05) is 36.9 Å². The maximum atomic E-state index is 13.1. The van der Waals surface area contributed by atoms with E-state index in [1.807, 2.05) is 12.2 Å². The van der Waals surface area contributed by atoms with Gasteiger partial charge in [0.15, 0.2) is 0 Å². The number of nitrogens with zero attached hydrogens (tertiary/aromatic N) is 3. The Morgan fingerprint density at radius 3 is 2.25 bits per heavy atom. The molecular weight excluding hydrogens is 466 g/mol. The third kappa shape index (κ3) is 3.40. The number of ether oxygens (including phenoxy) is 1. The van der Waals surface area contributed by atoms with Crippen LogP contribution in [-0.4, -0.2) is 35.2 Å². The Hall–Kier alpha value is -4.34. The minimum Gasteiger partial charge on any atom is -0.426 e. The highest BCUT2D eigenvalue weighted by molar-refractivity contribution is 6.22. The zero-order chi connectivity index (χ0) is 25.1. The van der Waals surface area contributed by atoms with Crippen LogP contribution in [0.2, 0.25) is 0 Å². The van der Waals surface area contributed by atoms with Crippen LogP contribution < -0.4 is 14.5 Å². The highest BCUT2D eigenvalue weighted by Crippen LogP contribution is 2.53. The van der Waals surface area contributed by atoms with Crippen molar-refractivity contribution in [1.29, 1.82) is 0 Å². The Bertz CT molecular complexity index is 1320. The first-order valence-corrected chi connectivity index (χ1v) is 11.7. The number of hydrogen-bond donors (Lipinski definition) is 0. The Balaban J connectivity index is 1.15. The second-order valence-corrected chi connectivity index (χ2v) is 9.61. The molecule has 2 aromatic rings. The Labute approximate surface area is 205 Å². The molecule has 6 rings (SSSR count). The van der Waals surface area contributed by atoms with Crippen molar-refractivity contribution in [1.82, 2.24) is 0 Å². The number of amides is 3. The standard InChI is InChI=1S/C26H21N3O7/c30-21-11-16(13-27(21)17-6-8-18(9-7-17)29(34)35)26(33)36-20-3-1-2-19(12-20)28-24(31)22-14-4-5-15(10-14)23(22)25(28)32/h1-9,12,14-16,22-23H,10-11,13H2/t14-,15-,16-,22-,23+/m0/s1. The number of non-ortho nitro benzene ring substituents is 1. The van der Waals surface area contributed by atoms with Gasteiger partial charge in [-0.1, -0.05) is 18.2 Å². The van der Waals surface area contributed by atoms with Gasteiger partial charge >= 0.3 is 5.97 Å². The molecule has 0 aromatic heterocycles. The van der Waals surface area contributed by atoms with E-state index in [4.69, 9.17) is 4.74 Å². The van der Waals surface area contributed by atoms with Crippen molar-refractivity contribution in [2.75, 3.05) is 16.3 Å². The molecule has 3 amide bonds. The van der Waals surface area contributed by atoms with Crippen LogP contribution >= 0.6 is 0 Å². The Kier molecular flexibility index (Phi) is 4.99. The summed E-state index contributed by atoms with van der Waals surface area (Å²) >= 11 is 0. The molecule has 10 heteroatoms. The van der Waals surface area contributed by atoms with E-state index in [9.17, 15) is 29.3 Å². The summed E-state index contributed by atoms with van der Waals surface area (Å²) in [7, 11) is 0. The van der Waals surface area contributed by atoms with Gasteiger partial charge in [-0.2, -0.15) is 0 Å². The molecule has 2 saturated heterocycles. The highest BCUT2D eigenvalue weighted by atomic mass is 16.6. The molecule has 4 aliphatic rings. The minimum absolute atomic E-state index is 0.0578. The first kappa shape index (κ1) is 22.1. The van der Waals surface area contributed by atoms with Gasteiger partial charge in [-0.3, -0.25) is 29.3 Å². The van der Waals surface area contributed by atoms with E-state index in [-0.39, 0.29) is 65.8 Å². The summed E-state index contributed by atoms with van der Waals surface area (Å²) in [5, 5.41) is 10.9. The van der Waals surface area contributed by atoms with Crippen LogP contribution in [0.4, 0.5) is 17.1 Å². The summed E-state index contributed by atoms with van der Waals surface area (Å²) in [5.74, 6) is -2.34. The van der Waals surface area contributed by atoms with Crippen molar-refractivity contribution in [2.24, 2.45) is 29.6 Å². The van der Waals surface area contributed by atoms with Crippen LogP contribution in [0.3, 0.4) is 0 Å². The van der Waals surface area contributed by atoms with Gasteiger partial charge in [0.1, 0.15) is 5.75 Å². The maximum absolute atomic E-state index is 13.1. The van der Waals surface area contributed by atoms with Gasteiger partial charge < -0.3 is 9.64 Å². The van der Waals surface area contributed by atoms with Crippen LogP contribution in [0, 0.1) is 39.7 Å². The molecule has 0 spiro atoms. The van der Waals surface area contributed by atoms with Crippen LogP contribution in [0.1, 0.15) is 12.8 Å². The van der Waals surface area contributed by atoms with Gasteiger partial charge in [0.2, 0.25) is 17.7 Å². The lowest BCUT2D eigenvalue weighted by Gasteiger charge is -2.18. The Morgan fingerprint density at radius 1 is 0.944 bits per heavy atom. The number of rotatable bonds is 5. The first-order valence-electron chi connectivity index (χ1n) is 11.7. The molecule has 182 valence electrons. The number of allylic oxidation sites excluding steroid dienone is 2. The molecule has 0 unspecified atom stereocenters. The minimum atomic E-state index is -0.729. The maximum Gasteiger partial charge on any atom is 0.316 e. The molecule has 36 heavy (non-hydrogen) atoms. The van der Waals surface area contributed by atoms with E-state index in [1.54, 1.807) is 18.2 Å². The van der Waals surface area contributed by atoms with E-state index in [0.29, 0.717) is 11.4 Å². The molecule has 3 fully saturated rings. The van der Waals surface area contributed by atoms with E-state index in [0.717, 1.165) is 6.42 Å². The number of anilines is 2. The molecule has 0 radical (unpaired) electrons. The van der Waals surface area contributed by atoms with Crippen molar-refractivity contribution in [3.05, 3.63) is 70.8 Å². The number of carbonyl (C=O) groups excluding carboxylic acids is 4. The largest absolute Gasteiger partial charge is 0.426 e. The van der Waals surface area contributed by atoms with Crippen LogP contribution in [0.15, 0.2) is 60.7 Å². The topological polar surface area (TPSA) is 127 Å². The molecule has 0 N–H and O–H groups in total. The molecule has 2 aliphatic heterocycles. The lowest BCUT2D eigenvalue weighted by Crippen LogP contribution is -2.32. The number of esters is 1. The van der Waals surface area contributed by atoms with E-state index < -0.39 is 16.8 Å². The van der Waals surface area contributed by atoms with Crippen LogP contribution in [-0.2, 0) is 19.2 Å². The van der Waals surface area contributed by atoms with Crippen molar-refractivity contribution >= 4 is 40.8 Å². The summed E-state index contributed by atoms with van der Waals surface area (Å²) in [6.45, 7) is 0.0808. The molecule has 2 bridgehead atoms. The second-order valence-electron chi connectivity index (χ2n) is 9.61. The number of fused-ring (bicyclic) bond motifs is 5. The van der Waals surface area contributed by atoms with Crippen molar-refractivity contribution in [3.8, 4) is 5.75 Å². The smallest absolute Gasteiger partial charge is 0.316 e. The summed E-state index contributed by atoms with van der Waals surface area (Å²) < 4.78 is 5.53. The first-order chi connectivity index (χ1) is 17.3. The van der Waals surface area contributed by atoms with Crippen LogP contribution in [0.25, 0.3) is 0 Å². The lowest BCUT2D eigenvalue weighted by atomic mass is 9.85. The molecular formula is C26H21N3O7. The summed E-state index contributed by atoms with van der Waals surface area (Å²) in [4.78, 5) is 64.5. The van der Waals surface area contributed by atoms with Crippen LogP contribution in [0.5, 0.6) is 5.75 Å². The number of imide groups is 1. The van der Waals surface area contributed by atoms with Crippen molar-refractivity contribution in [2.45, 2.75) is 12.8 Å². The summed E-state index contributed by atoms with van der Waals surface area (Å²) in [6.07, 6.45) is 4.84. The quantitative estimate of drug-likeness (QED) is 0.158. The molecule has 5 atom stereocenters. The lowest BCUT2D eigenvalue weighted by molar-refractivity contribution is -0.384. The molecule has 2 heterocycles. The fraction of sp³-hybridized carbons (Fsp3) is 0.308. The van der Waals surface area contributed by atoms with Gasteiger partial charge in [-0.05, 0) is 42.5 Å². The van der Waals surface area contributed by atoms with Gasteiger partial charge in [-0.15, -0.1) is 0 Å². The fourth-order valence-electron chi connectivity index (χ4n) is 5.91. The highest BCUT2D eigenvalue weighted by Gasteiger charge is 2.59. The van der Waals surface area contributed by atoms with Crippen molar-refractivity contribution < 1.29 is 28.8 Å². The van der Waals surface area contributed by atoms with E-state index in [2.05, 4.69) is 0 Å². The third-order valence-corrected chi connectivity index (χ3v) is 7.60. The zero-order valence-electron chi connectivity index (χ0n) is 19.0. The fourth-order valence-corrected chi connectivity index (χ4v) is 5.91. The average Bonchev–Trinajstić information content (AvgIpc) is 3.63. The van der Waals surface area contributed by atoms with Gasteiger partial charge in [-0.25, -0.2) is 4.90 Å². The monoisotopic (exact) mass is 487 g/mol. The molecule has 2 aliphatic carbocycles. The predicted octanol–water partition coefficient (Wildman–Crippen LogP) is 2.86. The molecule has 2 aromatic carbocycles. The predicted molar refractivity (Wildman–Crippen MR) is 126 cm³/mol. The zero-order valence-corrected chi connectivity index (χ0v) is 19.0. The average molecular weight is 487 g/mol. The van der Waals surface area contributed by atoms with E-state index in [1.165, 1.54) is 40.1 Å². The summed E-state index contributed by atoms with van der Waals surface area (Å²) in [5.41, 5.74) is 0.728. The van der Waals surface area contributed by atoms with Gasteiger partial charge in [0.25, 0.3) is 5.69 Å². The molecule has 10 nitrogen and oxygen atoms in total. The second kappa shape index (κ2) is 8.11.